The fourth-order valence-electron chi connectivity index (χ4n) is 3.67. The Bertz CT molecular complexity index is 445. The van der Waals surface area contributed by atoms with Crippen molar-refractivity contribution in [1.29, 1.82) is 0 Å². The van der Waals surface area contributed by atoms with Crippen LogP contribution in [0.25, 0.3) is 0 Å². The standard InChI is InChI=1S/C17H23ClO2/c1-11-7-12(2)9-14(8-11)16(17(19)20)10-13-3-5-15(18)6-4-13/h3-6,11-12,14,16H,7-10H2,1-2H3,(H,19,20). The first kappa shape index (κ1) is 15.4. The first-order chi connectivity index (χ1) is 9.45. The lowest BCUT2D eigenvalue weighted by atomic mass is 9.70. The summed E-state index contributed by atoms with van der Waals surface area (Å²) in [6.45, 7) is 4.48. The number of halogens is 1. The van der Waals surface area contributed by atoms with Crippen molar-refractivity contribution >= 4 is 17.6 Å². The van der Waals surface area contributed by atoms with Gasteiger partial charge in [-0.2, -0.15) is 0 Å². The van der Waals surface area contributed by atoms with Crippen molar-refractivity contribution in [3.63, 3.8) is 0 Å². The van der Waals surface area contributed by atoms with Crippen molar-refractivity contribution in [2.24, 2.45) is 23.7 Å². The predicted octanol–water partition coefficient (Wildman–Crippen LogP) is 4.66. The molecule has 0 radical (unpaired) electrons. The van der Waals surface area contributed by atoms with E-state index >= 15 is 0 Å². The zero-order valence-corrected chi connectivity index (χ0v) is 12.9. The van der Waals surface area contributed by atoms with Crippen molar-refractivity contribution in [2.45, 2.75) is 39.5 Å². The third-order valence-electron chi connectivity index (χ3n) is 4.47. The van der Waals surface area contributed by atoms with Gasteiger partial charge in [0, 0.05) is 5.02 Å². The summed E-state index contributed by atoms with van der Waals surface area (Å²) in [6.07, 6.45) is 3.91. The predicted molar refractivity (Wildman–Crippen MR) is 82.0 cm³/mol. The van der Waals surface area contributed by atoms with Crippen molar-refractivity contribution in [3.05, 3.63) is 34.9 Å². The minimum atomic E-state index is -0.661. The van der Waals surface area contributed by atoms with Gasteiger partial charge in [-0.1, -0.05) is 37.6 Å². The molecule has 3 unspecified atom stereocenters. The molecule has 1 aliphatic carbocycles. The molecule has 0 bridgehead atoms. The molecule has 1 aromatic carbocycles. The minimum Gasteiger partial charge on any atom is -0.481 e. The van der Waals surface area contributed by atoms with E-state index in [0.717, 1.165) is 18.4 Å². The van der Waals surface area contributed by atoms with Gasteiger partial charge in [0.25, 0.3) is 0 Å². The molecule has 1 fully saturated rings. The van der Waals surface area contributed by atoms with E-state index in [0.29, 0.717) is 29.2 Å². The first-order valence-electron chi connectivity index (χ1n) is 7.43. The highest BCUT2D eigenvalue weighted by Gasteiger charge is 2.33. The monoisotopic (exact) mass is 294 g/mol. The lowest BCUT2D eigenvalue weighted by Gasteiger charge is -2.35. The molecule has 3 atom stereocenters. The maximum absolute atomic E-state index is 11.7. The number of benzene rings is 1. The SMILES string of the molecule is CC1CC(C)CC(C(Cc2ccc(Cl)cc2)C(=O)O)C1. The minimum absolute atomic E-state index is 0.277. The zero-order valence-electron chi connectivity index (χ0n) is 12.2. The van der Waals surface area contributed by atoms with E-state index in [4.69, 9.17) is 11.6 Å². The highest BCUT2D eigenvalue weighted by Crippen LogP contribution is 2.38. The second-order valence-electron chi connectivity index (χ2n) is 6.45. The molecule has 0 amide bonds. The van der Waals surface area contributed by atoms with Gasteiger partial charge in [0.15, 0.2) is 0 Å². The second kappa shape index (κ2) is 6.62. The average molecular weight is 295 g/mol. The highest BCUT2D eigenvalue weighted by molar-refractivity contribution is 6.30. The molecule has 0 heterocycles. The van der Waals surface area contributed by atoms with E-state index in [1.165, 1.54) is 6.42 Å². The molecule has 0 aromatic heterocycles. The first-order valence-corrected chi connectivity index (χ1v) is 7.80. The highest BCUT2D eigenvalue weighted by atomic mass is 35.5. The van der Waals surface area contributed by atoms with Crippen molar-refractivity contribution in [3.8, 4) is 0 Å². The van der Waals surface area contributed by atoms with Crippen LogP contribution in [-0.4, -0.2) is 11.1 Å². The number of rotatable bonds is 4. The summed E-state index contributed by atoms with van der Waals surface area (Å²) in [4.78, 5) is 11.7. The van der Waals surface area contributed by atoms with Gasteiger partial charge in [0.1, 0.15) is 0 Å². The molecule has 2 rings (SSSR count). The second-order valence-corrected chi connectivity index (χ2v) is 6.89. The Balaban J connectivity index is 2.10. The molecule has 3 heteroatoms. The number of carboxylic acid groups (broad SMARTS) is 1. The van der Waals surface area contributed by atoms with Gasteiger partial charge in [0.05, 0.1) is 5.92 Å². The smallest absolute Gasteiger partial charge is 0.307 e. The molecule has 0 spiro atoms. The Hall–Kier alpha value is -1.02. The van der Waals surface area contributed by atoms with Gasteiger partial charge in [-0.05, 0) is 61.1 Å². The molecule has 1 saturated carbocycles. The molecular formula is C17H23ClO2. The van der Waals surface area contributed by atoms with Crippen LogP contribution in [0.15, 0.2) is 24.3 Å². The van der Waals surface area contributed by atoms with Gasteiger partial charge < -0.3 is 5.11 Å². The Morgan fingerprint density at radius 2 is 1.75 bits per heavy atom. The largest absolute Gasteiger partial charge is 0.481 e. The average Bonchev–Trinajstić information content (AvgIpc) is 2.36. The van der Waals surface area contributed by atoms with Gasteiger partial charge in [-0.3, -0.25) is 4.79 Å². The van der Waals surface area contributed by atoms with Crippen molar-refractivity contribution < 1.29 is 9.90 Å². The maximum Gasteiger partial charge on any atom is 0.307 e. The molecule has 0 saturated heterocycles. The van der Waals surface area contributed by atoms with Gasteiger partial charge in [0.2, 0.25) is 0 Å². The summed E-state index contributed by atoms with van der Waals surface area (Å²) in [5.41, 5.74) is 1.06. The topological polar surface area (TPSA) is 37.3 Å². The number of carbonyl (C=O) groups is 1. The van der Waals surface area contributed by atoms with Crippen LogP contribution in [0.4, 0.5) is 0 Å². The van der Waals surface area contributed by atoms with E-state index in [2.05, 4.69) is 13.8 Å². The van der Waals surface area contributed by atoms with E-state index in [1.807, 2.05) is 24.3 Å². The number of aliphatic carboxylic acids is 1. The Morgan fingerprint density at radius 1 is 1.20 bits per heavy atom. The van der Waals surface area contributed by atoms with E-state index in [-0.39, 0.29) is 5.92 Å². The Labute approximate surface area is 126 Å². The van der Waals surface area contributed by atoms with E-state index in [1.54, 1.807) is 0 Å². The summed E-state index contributed by atoms with van der Waals surface area (Å²) in [7, 11) is 0. The molecule has 110 valence electrons. The van der Waals surface area contributed by atoms with Crippen LogP contribution in [-0.2, 0) is 11.2 Å². The number of hydrogen-bond acceptors (Lipinski definition) is 1. The molecule has 2 nitrogen and oxygen atoms in total. The van der Waals surface area contributed by atoms with Crippen LogP contribution in [0.5, 0.6) is 0 Å². The molecule has 1 N–H and O–H groups in total. The van der Waals surface area contributed by atoms with Crippen molar-refractivity contribution in [1.82, 2.24) is 0 Å². The van der Waals surface area contributed by atoms with Gasteiger partial charge in [-0.25, -0.2) is 0 Å². The Morgan fingerprint density at radius 3 is 2.25 bits per heavy atom. The molecule has 1 aromatic rings. The lowest BCUT2D eigenvalue weighted by molar-refractivity contribution is -0.144. The van der Waals surface area contributed by atoms with Crippen LogP contribution in [0.2, 0.25) is 5.02 Å². The third kappa shape index (κ3) is 3.99. The van der Waals surface area contributed by atoms with Crippen LogP contribution >= 0.6 is 11.6 Å². The summed E-state index contributed by atoms with van der Waals surface area (Å²) < 4.78 is 0. The third-order valence-corrected chi connectivity index (χ3v) is 4.72. The molecule has 1 aliphatic rings. The Kier molecular flexibility index (Phi) is 5.09. The summed E-state index contributed by atoms with van der Waals surface area (Å²) >= 11 is 5.88. The fourth-order valence-corrected chi connectivity index (χ4v) is 3.79. The van der Waals surface area contributed by atoms with E-state index in [9.17, 15) is 9.90 Å². The molecule has 0 aliphatic heterocycles. The summed E-state index contributed by atoms with van der Waals surface area (Å²) in [5.74, 6) is 0.626. The van der Waals surface area contributed by atoms with Gasteiger partial charge in [-0.15, -0.1) is 0 Å². The number of carboxylic acids is 1. The van der Waals surface area contributed by atoms with Gasteiger partial charge >= 0.3 is 5.97 Å². The van der Waals surface area contributed by atoms with E-state index < -0.39 is 5.97 Å². The summed E-state index contributed by atoms with van der Waals surface area (Å²) in [5, 5.41) is 10.3. The van der Waals surface area contributed by atoms with Crippen LogP contribution in [0.1, 0.15) is 38.7 Å². The number of hydrogen-bond donors (Lipinski definition) is 1. The van der Waals surface area contributed by atoms with Crippen LogP contribution in [0.3, 0.4) is 0 Å². The maximum atomic E-state index is 11.7. The molecular weight excluding hydrogens is 272 g/mol. The molecule has 20 heavy (non-hydrogen) atoms. The van der Waals surface area contributed by atoms with Crippen LogP contribution in [0, 0.1) is 23.7 Å². The summed E-state index contributed by atoms with van der Waals surface area (Å²) in [6, 6.07) is 7.55. The quantitative estimate of drug-likeness (QED) is 0.877. The lowest BCUT2D eigenvalue weighted by Crippen LogP contribution is -2.32. The fraction of sp³-hybridized carbons (Fsp3) is 0.588. The van der Waals surface area contributed by atoms with Crippen molar-refractivity contribution in [2.75, 3.05) is 0 Å². The normalized spacial score (nSPS) is 28.1. The zero-order chi connectivity index (χ0) is 14.7. The van der Waals surface area contributed by atoms with Crippen LogP contribution < -0.4 is 0 Å².